The quantitative estimate of drug-likeness (QED) is 0.407. The van der Waals surface area contributed by atoms with E-state index in [2.05, 4.69) is 45.3 Å². The molecule has 3 aliphatic rings. The van der Waals surface area contributed by atoms with Gasteiger partial charge in [-0.1, -0.05) is 18.2 Å². The summed E-state index contributed by atoms with van der Waals surface area (Å²) in [5, 5.41) is 5.31. The number of piperazine rings is 1. The lowest BCUT2D eigenvalue weighted by atomic mass is 10.1. The molecule has 7 rings (SSSR count). The highest BCUT2D eigenvalue weighted by atomic mass is 16.3. The van der Waals surface area contributed by atoms with Crippen molar-refractivity contribution in [2.75, 3.05) is 51.6 Å². The van der Waals surface area contributed by atoms with Gasteiger partial charge in [0.2, 0.25) is 0 Å². The number of aromatic nitrogens is 2. The third kappa shape index (κ3) is 4.84. The van der Waals surface area contributed by atoms with E-state index in [9.17, 15) is 4.79 Å². The Bertz CT molecular complexity index is 1440. The monoisotopic (exact) mass is 484 g/mol. The van der Waals surface area contributed by atoms with Gasteiger partial charge >= 0.3 is 0 Å². The molecule has 36 heavy (non-hydrogen) atoms. The van der Waals surface area contributed by atoms with Crippen molar-refractivity contribution in [2.24, 2.45) is 0 Å². The number of fused-ring (bicyclic) bond motifs is 8. The molecule has 3 aliphatic heterocycles. The van der Waals surface area contributed by atoms with Gasteiger partial charge in [-0.15, -0.1) is 0 Å². The molecule has 0 saturated carbocycles. The molecule has 8 heteroatoms. The van der Waals surface area contributed by atoms with E-state index in [4.69, 9.17) is 14.4 Å². The average Bonchev–Trinajstić information content (AvgIpc) is 2.89. The number of para-hydroxylation sites is 1. The lowest BCUT2D eigenvalue weighted by Crippen LogP contribution is -2.46. The van der Waals surface area contributed by atoms with Crippen LogP contribution in [-0.2, 0) is 19.6 Å². The van der Waals surface area contributed by atoms with Crippen LogP contribution in [0, 0.1) is 0 Å². The number of benzene rings is 2. The zero-order valence-electron chi connectivity index (χ0n) is 20.7. The summed E-state index contributed by atoms with van der Waals surface area (Å²) in [5.74, 6) is 1.77. The van der Waals surface area contributed by atoms with Gasteiger partial charge in [0, 0.05) is 56.8 Å². The molecule has 1 fully saturated rings. The fourth-order valence-corrected chi connectivity index (χ4v) is 5.25. The first-order valence-corrected chi connectivity index (χ1v) is 12.8. The summed E-state index contributed by atoms with van der Waals surface area (Å²) in [6.07, 6.45) is 2.62. The summed E-state index contributed by atoms with van der Waals surface area (Å²) in [4.78, 5) is 30.1. The lowest BCUT2D eigenvalue weighted by molar-refractivity contribution is 0.119. The Kier molecular flexibility index (Phi) is 6.39. The first-order valence-electron chi connectivity index (χ1n) is 12.8. The third-order valence-corrected chi connectivity index (χ3v) is 7.24. The molecule has 0 amide bonds. The average molecular weight is 485 g/mol. The van der Waals surface area contributed by atoms with Crippen molar-refractivity contribution in [1.82, 2.24) is 24.7 Å². The molecule has 2 aromatic heterocycles. The van der Waals surface area contributed by atoms with Gasteiger partial charge in [0.15, 0.2) is 5.43 Å². The molecule has 186 valence electrons. The minimum atomic E-state index is 0.0823. The maximum atomic E-state index is 13.3. The van der Waals surface area contributed by atoms with E-state index in [1.165, 1.54) is 0 Å². The number of anilines is 1. The van der Waals surface area contributed by atoms with Crippen LogP contribution in [0.4, 0.5) is 5.82 Å². The Labute approximate surface area is 210 Å². The lowest BCUT2D eigenvalue weighted by Gasteiger charge is -2.34. The second-order valence-electron chi connectivity index (χ2n) is 10.00. The van der Waals surface area contributed by atoms with Crippen LogP contribution in [0.3, 0.4) is 0 Å². The maximum absolute atomic E-state index is 13.3. The van der Waals surface area contributed by atoms with Crippen LogP contribution in [0.1, 0.15) is 23.4 Å². The zero-order chi connectivity index (χ0) is 24.5. The van der Waals surface area contributed by atoms with Gasteiger partial charge in [0.1, 0.15) is 17.2 Å². The van der Waals surface area contributed by atoms with Gasteiger partial charge < -0.3 is 14.6 Å². The van der Waals surface area contributed by atoms with Crippen LogP contribution < -0.4 is 10.7 Å². The third-order valence-electron chi connectivity index (χ3n) is 7.24. The molecule has 0 unspecified atom stereocenters. The van der Waals surface area contributed by atoms with Crippen molar-refractivity contribution < 1.29 is 4.42 Å². The minimum Gasteiger partial charge on any atom is -0.464 e. The fraction of sp³-hybridized carbons (Fsp3) is 0.393. The van der Waals surface area contributed by atoms with E-state index in [0.29, 0.717) is 17.5 Å². The summed E-state index contributed by atoms with van der Waals surface area (Å²) in [6.45, 7) is 7.47. The fourth-order valence-electron chi connectivity index (χ4n) is 5.25. The van der Waals surface area contributed by atoms with Crippen molar-refractivity contribution >= 4 is 27.7 Å². The molecule has 5 heterocycles. The van der Waals surface area contributed by atoms with Crippen molar-refractivity contribution in [2.45, 2.75) is 26.1 Å². The van der Waals surface area contributed by atoms with Gasteiger partial charge in [0.25, 0.3) is 0 Å². The highest BCUT2D eigenvalue weighted by Crippen LogP contribution is 2.22. The van der Waals surface area contributed by atoms with Crippen molar-refractivity contribution in [3.63, 3.8) is 0 Å². The van der Waals surface area contributed by atoms with E-state index >= 15 is 0 Å². The molecule has 0 atom stereocenters. The van der Waals surface area contributed by atoms with Crippen LogP contribution in [-0.4, -0.2) is 71.0 Å². The number of rotatable bonds is 0. The molecule has 1 N–H and O–H groups in total. The first kappa shape index (κ1) is 23.1. The Hall–Kier alpha value is -3.33. The molecular weight excluding hydrogens is 452 g/mol. The van der Waals surface area contributed by atoms with E-state index in [1.54, 1.807) is 6.26 Å². The van der Waals surface area contributed by atoms with Gasteiger partial charge in [-0.05, 0) is 49.8 Å². The number of nitrogens with zero attached hydrogens (tertiary/aromatic N) is 5. The highest BCUT2D eigenvalue weighted by Gasteiger charge is 2.20. The van der Waals surface area contributed by atoms with Crippen LogP contribution in [0.2, 0.25) is 0 Å². The molecule has 8 nitrogen and oxygen atoms in total. The summed E-state index contributed by atoms with van der Waals surface area (Å²) < 4.78 is 5.86. The Morgan fingerprint density at radius 3 is 2.56 bits per heavy atom. The SMILES string of the molecule is CN1CCCNc2nc(nc3ccccc23)CN2CCN(CC2)Cc2coc3ccc(cc3c2=O)C1. The summed E-state index contributed by atoms with van der Waals surface area (Å²) >= 11 is 0. The number of hydrogen-bond acceptors (Lipinski definition) is 8. The summed E-state index contributed by atoms with van der Waals surface area (Å²) in [6, 6.07) is 14.2. The van der Waals surface area contributed by atoms with Crippen molar-refractivity contribution in [1.29, 1.82) is 0 Å². The van der Waals surface area contributed by atoms with Crippen molar-refractivity contribution in [3.05, 3.63) is 75.9 Å². The standard InChI is InChI=1S/C28H32N6O2/c1-32-10-4-9-29-28-22-5-2-3-6-24(22)30-26(31-28)18-34-13-11-33(12-14-34)17-21-19-36-25-8-7-20(16-32)15-23(25)27(21)35/h2-3,5-8,15,19H,4,9-14,16-18H2,1H3,(H,29,30,31). The molecule has 0 radical (unpaired) electrons. The van der Waals surface area contributed by atoms with Crippen LogP contribution in [0.15, 0.2) is 57.9 Å². The van der Waals surface area contributed by atoms with E-state index < -0.39 is 0 Å². The van der Waals surface area contributed by atoms with E-state index in [1.807, 2.05) is 24.3 Å². The van der Waals surface area contributed by atoms with Crippen LogP contribution >= 0.6 is 0 Å². The van der Waals surface area contributed by atoms with E-state index in [0.717, 1.165) is 92.5 Å². The van der Waals surface area contributed by atoms with Gasteiger partial charge in [-0.25, -0.2) is 9.97 Å². The van der Waals surface area contributed by atoms with Gasteiger partial charge in [-0.3, -0.25) is 14.6 Å². The van der Waals surface area contributed by atoms with E-state index in [-0.39, 0.29) is 5.43 Å². The largest absolute Gasteiger partial charge is 0.464 e. The molecule has 1 saturated heterocycles. The molecule has 7 bridgehead atoms. The Morgan fingerprint density at radius 1 is 0.889 bits per heavy atom. The summed E-state index contributed by atoms with van der Waals surface area (Å²) in [7, 11) is 2.12. The second kappa shape index (κ2) is 9.97. The highest BCUT2D eigenvalue weighted by molar-refractivity contribution is 5.89. The Balaban J connectivity index is 1.31. The molecular formula is C28H32N6O2. The zero-order valence-corrected chi connectivity index (χ0v) is 20.7. The molecule has 0 aliphatic carbocycles. The number of nitrogens with one attached hydrogen (secondary N) is 1. The van der Waals surface area contributed by atoms with Gasteiger partial charge in [0.05, 0.1) is 23.7 Å². The maximum Gasteiger partial charge on any atom is 0.197 e. The normalized spacial score (nSPS) is 21.7. The first-order chi connectivity index (χ1) is 17.6. The van der Waals surface area contributed by atoms with Crippen LogP contribution in [0.5, 0.6) is 0 Å². The minimum absolute atomic E-state index is 0.0823. The predicted molar refractivity (Wildman–Crippen MR) is 142 cm³/mol. The number of hydrogen-bond donors (Lipinski definition) is 1. The van der Waals surface area contributed by atoms with Gasteiger partial charge in [-0.2, -0.15) is 0 Å². The topological polar surface area (TPSA) is 77.7 Å². The summed E-state index contributed by atoms with van der Waals surface area (Å²) in [5.41, 5.74) is 3.56. The Morgan fingerprint density at radius 2 is 1.69 bits per heavy atom. The molecule has 4 aromatic rings. The molecule has 2 aromatic carbocycles. The van der Waals surface area contributed by atoms with Crippen LogP contribution in [0.25, 0.3) is 21.9 Å². The predicted octanol–water partition coefficient (Wildman–Crippen LogP) is 3.30. The second-order valence-corrected chi connectivity index (χ2v) is 10.00. The van der Waals surface area contributed by atoms with Crippen molar-refractivity contribution in [3.8, 4) is 0 Å². The molecule has 0 spiro atoms. The smallest absolute Gasteiger partial charge is 0.197 e.